The molecular formula is C9H10BrN5O. The van der Waals surface area contributed by atoms with E-state index in [4.69, 9.17) is 5.73 Å². The minimum absolute atomic E-state index is 0.0561. The van der Waals surface area contributed by atoms with Gasteiger partial charge in [0.2, 0.25) is 0 Å². The number of hydrogen-bond donors (Lipinski definition) is 2. The number of aromatic nitrogens is 4. The first-order valence-electron chi connectivity index (χ1n) is 4.57. The van der Waals surface area contributed by atoms with Crippen molar-refractivity contribution in [2.45, 2.75) is 13.8 Å². The lowest BCUT2D eigenvalue weighted by molar-refractivity contribution is 0.800. The fourth-order valence-corrected chi connectivity index (χ4v) is 1.65. The zero-order valence-corrected chi connectivity index (χ0v) is 10.4. The summed E-state index contributed by atoms with van der Waals surface area (Å²) >= 11 is 3.40. The molecule has 0 spiro atoms. The summed E-state index contributed by atoms with van der Waals surface area (Å²) in [5.41, 5.74) is 7.02. The van der Waals surface area contributed by atoms with Gasteiger partial charge in [0.15, 0.2) is 5.82 Å². The SMILES string of the molecule is Cc1nn(-c2nc[nH]c(=O)c2N)c(C)c1Br. The number of nitrogens with one attached hydrogen (secondary N) is 1. The van der Waals surface area contributed by atoms with Crippen molar-refractivity contribution in [2.24, 2.45) is 0 Å². The maximum atomic E-state index is 11.3. The van der Waals surface area contributed by atoms with Gasteiger partial charge in [0.1, 0.15) is 5.69 Å². The molecule has 0 aliphatic heterocycles. The molecule has 3 N–H and O–H groups in total. The van der Waals surface area contributed by atoms with Gasteiger partial charge in [0, 0.05) is 0 Å². The number of H-pyrrole nitrogens is 1. The van der Waals surface area contributed by atoms with Gasteiger partial charge in [-0.15, -0.1) is 0 Å². The summed E-state index contributed by atoms with van der Waals surface area (Å²) in [4.78, 5) is 17.8. The summed E-state index contributed by atoms with van der Waals surface area (Å²) in [6, 6.07) is 0. The van der Waals surface area contributed by atoms with E-state index in [1.54, 1.807) is 4.68 Å². The van der Waals surface area contributed by atoms with Gasteiger partial charge < -0.3 is 10.7 Å². The Labute approximate surface area is 99.6 Å². The summed E-state index contributed by atoms with van der Waals surface area (Å²) in [6.07, 6.45) is 1.30. The van der Waals surface area contributed by atoms with E-state index in [1.807, 2.05) is 13.8 Å². The van der Waals surface area contributed by atoms with Crippen molar-refractivity contribution in [2.75, 3.05) is 5.73 Å². The van der Waals surface area contributed by atoms with Crippen LogP contribution in [0.1, 0.15) is 11.4 Å². The molecule has 0 saturated heterocycles. The van der Waals surface area contributed by atoms with Crippen LogP contribution < -0.4 is 11.3 Å². The molecule has 7 heteroatoms. The summed E-state index contributed by atoms with van der Waals surface area (Å²) in [5.74, 6) is 0.343. The fourth-order valence-electron chi connectivity index (χ4n) is 1.40. The standard InChI is InChI=1S/C9H10BrN5O/c1-4-6(10)5(2)15(14-4)8-7(11)9(16)13-3-12-8/h3H,11H2,1-2H3,(H,12,13,16). The molecule has 2 heterocycles. The van der Waals surface area contributed by atoms with Crippen LogP contribution >= 0.6 is 15.9 Å². The van der Waals surface area contributed by atoms with E-state index in [0.717, 1.165) is 15.9 Å². The highest BCUT2D eigenvalue weighted by molar-refractivity contribution is 9.10. The summed E-state index contributed by atoms with van der Waals surface area (Å²) < 4.78 is 2.43. The molecule has 2 aromatic heterocycles. The first-order chi connectivity index (χ1) is 7.52. The Balaban J connectivity index is 2.73. The largest absolute Gasteiger partial charge is 0.391 e. The Morgan fingerprint density at radius 2 is 2.19 bits per heavy atom. The van der Waals surface area contributed by atoms with Gasteiger partial charge in [0.05, 0.1) is 22.2 Å². The minimum Gasteiger partial charge on any atom is -0.391 e. The van der Waals surface area contributed by atoms with Gasteiger partial charge in [-0.3, -0.25) is 4.79 Å². The van der Waals surface area contributed by atoms with E-state index in [0.29, 0.717) is 5.82 Å². The van der Waals surface area contributed by atoms with E-state index in [-0.39, 0.29) is 11.2 Å². The van der Waals surface area contributed by atoms with E-state index < -0.39 is 0 Å². The van der Waals surface area contributed by atoms with Gasteiger partial charge in [-0.2, -0.15) is 5.10 Å². The van der Waals surface area contributed by atoms with Crippen molar-refractivity contribution in [1.82, 2.24) is 19.7 Å². The second-order valence-electron chi connectivity index (χ2n) is 3.37. The molecule has 0 aromatic carbocycles. The smallest absolute Gasteiger partial charge is 0.276 e. The van der Waals surface area contributed by atoms with Crippen molar-refractivity contribution in [1.29, 1.82) is 0 Å². The average Bonchev–Trinajstić information content (AvgIpc) is 2.50. The third kappa shape index (κ3) is 1.53. The normalized spacial score (nSPS) is 10.7. The number of nitrogens with two attached hydrogens (primary N) is 1. The molecule has 0 saturated carbocycles. The maximum absolute atomic E-state index is 11.3. The fraction of sp³-hybridized carbons (Fsp3) is 0.222. The molecule has 0 atom stereocenters. The maximum Gasteiger partial charge on any atom is 0.276 e. The van der Waals surface area contributed by atoms with Crippen molar-refractivity contribution < 1.29 is 0 Å². The Kier molecular flexibility index (Phi) is 2.55. The van der Waals surface area contributed by atoms with Gasteiger partial charge in [-0.05, 0) is 29.8 Å². The molecule has 2 rings (SSSR count). The lowest BCUT2D eigenvalue weighted by Gasteiger charge is -2.04. The zero-order chi connectivity index (χ0) is 11.9. The topological polar surface area (TPSA) is 89.6 Å². The molecule has 0 bridgehead atoms. The van der Waals surface area contributed by atoms with Crippen LogP contribution in [0.4, 0.5) is 5.69 Å². The quantitative estimate of drug-likeness (QED) is 0.814. The molecule has 0 aliphatic carbocycles. The highest BCUT2D eigenvalue weighted by atomic mass is 79.9. The van der Waals surface area contributed by atoms with Gasteiger partial charge >= 0.3 is 0 Å². The number of hydrogen-bond acceptors (Lipinski definition) is 4. The van der Waals surface area contributed by atoms with E-state index in [9.17, 15) is 4.79 Å². The molecule has 84 valence electrons. The molecule has 6 nitrogen and oxygen atoms in total. The third-order valence-electron chi connectivity index (χ3n) is 2.27. The number of aryl methyl sites for hydroxylation is 1. The summed E-state index contributed by atoms with van der Waals surface area (Å²) in [6.45, 7) is 3.73. The Bertz CT molecular complexity index is 600. The Morgan fingerprint density at radius 1 is 1.50 bits per heavy atom. The third-order valence-corrected chi connectivity index (χ3v) is 3.42. The van der Waals surface area contributed by atoms with E-state index in [2.05, 4.69) is 31.0 Å². The van der Waals surface area contributed by atoms with Crippen LogP contribution in [0.15, 0.2) is 15.6 Å². The Hall–Kier alpha value is -1.63. The molecule has 0 fully saturated rings. The molecule has 0 unspecified atom stereocenters. The summed E-state index contributed by atoms with van der Waals surface area (Å²) in [7, 11) is 0. The van der Waals surface area contributed by atoms with Crippen LogP contribution in [-0.2, 0) is 0 Å². The van der Waals surface area contributed by atoms with Crippen molar-refractivity contribution in [3.8, 4) is 5.82 Å². The molecule has 0 radical (unpaired) electrons. The van der Waals surface area contributed by atoms with E-state index in [1.165, 1.54) is 6.33 Å². The van der Waals surface area contributed by atoms with Crippen molar-refractivity contribution >= 4 is 21.6 Å². The lowest BCUT2D eigenvalue weighted by Crippen LogP contribution is -2.17. The zero-order valence-electron chi connectivity index (χ0n) is 8.78. The van der Waals surface area contributed by atoms with Gasteiger partial charge in [-0.25, -0.2) is 9.67 Å². The van der Waals surface area contributed by atoms with Gasteiger partial charge in [0.25, 0.3) is 5.56 Å². The van der Waals surface area contributed by atoms with Crippen LogP contribution in [0.3, 0.4) is 0 Å². The predicted molar refractivity (Wildman–Crippen MR) is 63.6 cm³/mol. The number of rotatable bonds is 1. The monoisotopic (exact) mass is 283 g/mol. The molecule has 2 aromatic rings. The van der Waals surface area contributed by atoms with Crippen LogP contribution in [0, 0.1) is 13.8 Å². The second-order valence-corrected chi connectivity index (χ2v) is 4.16. The number of nitrogens with zero attached hydrogens (tertiary/aromatic N) is 3. The van der Waals surface area contributed by atoms with Crippen LogP contribution in [0.2, 0.25) is 0 Å². The first-order valence-corrected chi connectivity index (χ1v) is 5.37. The molecule has 0 amide bonds. The number of anilines is 1. The highest BCUT2D eigenvalue weighted by Gasteiger charge is 2.14. The first kappa shape index (κ1) is 10.9. The number of aromatic amines is 1. The molecule has 0 aliphatic rings. The van der Waals surface area contributed by atoms with E-state index >= 15 is 0 Å². The van der Waals surface area contributed by atoms with Crippen LogP contribution in [0.5, 0.6) is 0 Å². The minimum atomic E-state index is -0.367. The van der Waals surface area contributed by atoms with Crippen LogP contribution in [0.25, 0.3) is 5.82 Å². The number of nitrogen functional groups attached to an aromatic ring is 1. The summed E-state index contributed by atoms with van der Waals surface area (Å²) in [5, 5.41) is 4.26. The Morgan fingerprint density at radius 3 is 2.75 bits per heavy atom. The highest BCUT2D eigenvalue weighted by Crippen LogP contribution is 2.22. The van der Waals surface area contributed by atoms with Crippen LogP contribution in [-0.4, -0.2) is 19.7 Å². The molecule has 16 heavy (non-hydrogen) atoms. The van der Waals surface area contributed by atoms with Gasteiger partial charge in [-0.1, -0.05) is 0 Å². The molecular weight excluding hydrogens is 274 g/mol. The van der Waals surface area contributed by atoms with Crippen molar-refractivity contribution in [3.05, 3.63) is 32.5 Å². The van der Waals surface area contributed by atoms with Crippen molar-refractivity contribution in [3.63, 3.8) is 0 Å². The predicted octanol–water partition coefficient (Wildman–Crippen LogP) is 0.917. The lowest BCUT2D eigenvalue weighted by atomic mass is 10.4. The number of halogens is 1. The average molecular weight is 284 g/mol. The second kappa shape index (κ2) is 3.75.